The number of hydrogen-bond acceptors (Lipinski definition) is 3. The van der Waals surface area contributed by atoms with Crippen molar-refractivity contribution in [2.24, 2.45) is 0 Å². The highest BCUT2D eigenvalue weighted by atomic mass is 32.2. The van der Waals surface area contributed by atoms with Crippen LogP contribution < -0.4 is 0 Å². The van der Waals surface area contributed by atoms with Gasteiger partial charge < -0.3 is 0 Å². The van der Waals surface area contributed by atoms with Crippen LogP contribution >= 0.6 is 0 Å². The van der Waals surface area contributed by atoms with Crippen LogP contribution in [0, 0.1) is 5.82 Å². The maximum atomic E-state index is 13.7. The third-order valence-corrected chi connectivity index (χ3v) is 6.09. The van der Waals surface area contributed by atoms with Crippen molar-refractivity contribution < 1.29 is 26.0 Å². The smallest absolute Gasteiger partial charge is 0.272 e. The number of rotatable bonds is 4. The van der Waals surface area contributed by atoms with E-state index in [4.69, 9.17) is 0 Å². The van der Waals surface area contributed by atoms with E-state index in [2.05, 4.69) is 10.2 Å². The number of nitrogens with one attached hydrogen (secondary N) is 1. The quantitative estimate of drug-likeness (QED) is 0.382. The third-order valence-electron chi connectivity index (χ3n) is 4.96. The van der Waals surface area contributed by atoms with Crippen LogP contribution in [0.4, 0.5) is 17.6 Å². The van der Waals surface area contributed by atoms with Gasteiger partial charge in [-0.3, -0.25) is 5.10 Å². The first-order valence-corrected chi connectivity index (χ1v) is 11.3. The molecule has 0 unspecified atom stereocenters. The lowest BCUT2D eigenvalue weighted by Gasteiger charge is -2.12. The molecule has 0 atom stereocenters. The Morgan fingerprint density at radius 1 is 0.812 bits per heavy atom. The molecule has 0 spiro atoms. The molecule has 4 rings (SSSR count). The van der Waals surface area contributed by atoms with Crippen LogP contribution in [0.3, 0.4) is 0 Å². The second-order valence-electron chi connectivity index (χ2n) is 7.17. The molecular weight excluding hydrogens is 444 g/mol. The molecule has 0 saturated carbocycles. The predicted octanol–water partition coefficient (Wildman–Crippen LogP) is 5.97. The minimum atomic E-state index is -4.71. The van der Waals surface area contributed by atoms with E-state index >= 15 is 0 Å². The van der Waals surface area contributed by atoms with E-state index < -0.39 is 27.5 Å². The monoisotopic (exact) mass is 460 g/mol. The lowest BCUT2D eigenvalue weighted by molar-refractivity contribution is -0.140. The van der Waals surface area contributed by atoms with Crippen molar-refractivity contribution in [3.8, 4) is 33.5 Å². The van der Waals surface area contributed by atoms with Crippen molar-refractivity contribution in [1.29, 1.82) is 0 Å². The van der Waals surface area contributed by atoms with E-state index in [-0.39, 0.29) is 21.7 Å². The Labute approximate surface area is 181 Å². The highest BCUT2D eigenvalue weighted by Gasteiger charge is 2.38. The second kappa shape index (κ2) is 7.90. The predicted molar refractivity (Wildman–Crippen MR) is 113 cm³/mol. The fourth-order valence-electron chi connectivity index (χ4n) is 3.46. The molecule has 1 heterocycles. The van der Waals surface area contributed by atoms with Crippen molar-refractivity contribution in [2.75, 3.05) is 6.26 Å². The number of H-pyrrole nitrogens is 1. The number of sulfone groups is 1. The Hall–Kier alpha value is -3.46. The molecule has 0 aliphatic heterocycles. The van der Waals surface area contributed by atoms with Crippen molar-refractivity contribution >= 4 is 9.84 Å². The van der Waals surface area contributed by atoms with Gasteiger partial charge >= 0.3 is 6.18 Å². The maximum absolute atomic E-state index is 13.7. The molecule has 0 aliphatic carbocycles. The Morgan fingerprint density at radius 3 is 1.94 bits per heavy atom. The number of halogens is 4. The van der Waals surface area contributed by atoms with Crippen LogP contribution in [0.5, 0.6) is 0 Å². The largest absolute Gasteiger partial charge is 0.433 e. The lowest BCUT2D eigenvalue weighted by Crippen LogP contribution is -2.07. The Balaban J connectivity index is 1.93. The molecule has 0 radical (unpaired) electrons. The number of aromatic amines is 1. The number of hydrogen-bond donors (Lipinski definition) is 1. The van der Waals surface area contributed by atoms with Gasteiger partial charge in [0.1, 0.15) is 17.2 Å². The molecule has 4 nitrogen and oxygen atoms in total. The van der Waals surface area contributed by atoms with Gasteiger partial charge in [-0.2, -0.15) is 18.3 Å². The van der Waals surface area contributed by atoms with E-state index in [9.17, 15) is 26.0 Å². The van der Waals surface area contributed by atoms with Crippen LogP contribution in [-0.2, 0) is 16.0 Å². The van der Waals surface area contributed by atoms with E-state index in [1.807, 2.05) is 0 Å². The first-order valence-electron chi connectivity index (χ1n) is 9.37. The fourth-order valence-corrected chi connectivity index (χ4v) is 4.09. The van der Waals surface area contributed by atoms with Gasteiger partial charge in [0.15, 0.2) is 9.84 Å². The minimum absolute atomic E-state index is 0.0479. The summed E-state index contributed by atoms with van der Waals surface area (Å²) in [6.45, 7) is 0. The van der Waals surface area contributed by atoms with E-state index in [0.717, 1.165) is 18.4 Å². The Kier molecular flexibility index (Phi) is 5.37. The zero-order valence-corrected chi connectivity index (χ0v) is 17.4. The first-order chi connectivity index (χ1) is 15.1. The number of benzene rings is 3. The van der Waals surface area contributed by atoms with Gasteiger partial charge in [-0.1, -0.05) is 48.5 Å². The van der Waals surface area contributed by atoms with Crippen molar-refractivity contribution in [3.05, 3.63) is 84.3 Å². The van der Waals surface area contributed by atoms with E-state index in [1.165, 1.54) is 24.3 Å². The summed E-state index contributed by atoms with van der Waals surface area (Å²) in [6.07, 6.45) is -3.62. The topological polar surface area (TPSA) is 62.8 Å². The van der Waals surface area contributed by atoms with Crippen molar-refractivity contribution in [2.45, 2.75) is 11.1 Å². The van der Waals surface area contributed by atoms with Gasteiger partial charge in [0.2, 0.25) is 0 Å². The van der Waals surface area contributed by atoms with Crippen LogP contribution in [0.25, 0.3) is 33.5 Å². The normalized spacial score (nSPS) is 12.2. The van der Waals surface area contributed by atoms with Gasteiger partial charge in [0, 0.05) is 17.4 Å². The molecule has 164 valence electrons. The zero-order chi connectivity index (χ0) is 23.1. The van der Waals surface area contributed by atoms with Crippen LogP contribution in [-0.4, -0.2) is 24.9 Å². The Bertz CT molecular complexity index is 1380. The maximum Gasteiger partial charge on any atom is 0.433 e. The third kappa shape index (κ3) is 4.16. The summed E-state index contributed by atoms with van der Waals surface area (Å²) >= 11 is 0. The molecule has 1 aromatic heterocycles. The Morgan fingerprint density at radius 2 is 1.38 bits per heavy atom. The second-order valence-corrected chi connectivity index (χ2v) is 9.18. The van der Waals surface area contributed by atoms with Gasteiger partial charge in [-0.25, -0.2) is 12.8 Å². The summed E-state index contributed by atoms with van der Waals surface area (Å²) in [6, 6.07) is 17.5. The molecule has 3 aromatic carbocycles. The SMILES string of the molecule is CS(=O)(=O)c1ccc(-c2ccccc2-c2n[nH]c(C(F)(F)F)c2-c2ccc(F)cc2)cc1. The van der Waals surface area contributed by atoms with Crippen LogP contribution in [0.1, 0.15) is 5.69 Å². The molecule has 0 amide bonds. The van der Waals surface area contributed by atoms with Gasteiger partial charge in [0.25, 0.3) is 0 Å². The van der Waals surface area contributed by atoms with Gasteiger partial charge in [-0.15, -0.1) is 0 Å². The number of aromatic nitrogens is 2. The molecule has 0 aliphatic rings. The summed E-state index contributed by atoms with van der Waals surface area (Å²) < 4.78 is 78.0. The summed E-state index contributed by atoms with van der Waals surface area (Å²) in [7, 11) is -3.40. The van der Waals surface area contributed by atoms with Gasteiger partial charge in [0.05, 0.1) is 4.90 Å². The molecule has 0 saturated heterocycles. The summed E-state index contributed by atoms with van der Waals surface area (Å²) in [4.78, 5) is 0.129. The van der Waals surface area contributed by atoms with E-state index in [1.54, 1.807) is 36.4 Å². The zero-order valence-electron chi connectivity index (χ0n) is 16.6. The van der Waals surface area contributed by atoms with E-state index in [0.29, 0.717) is 16.7 Å². The van der Waals surface area contributed by atoms with Crippen molar-refractivity contribution in [3.63, 3.8) is 0 Å². The summed E-state index contributed by atoms with van der Waals surface area (Å²) in [5, 5.41) is 6.05. The summed E-state index contributed by atoms with van der Waals surface area (Å²) in [5.74, 6) is -0.571. The van der Waals surface area contributed by atoms with Gasteiger partial charge in [-0.05, 0) is 41.0 Å². The minimum Gasteiger partial charge on any atom is -0.272 e. The highest BCUT2D eigenvalue weighted by molar-refractivity contribution is 7.90. The molecule has 9 heteroatoms. The fraction of sp³-hybridized carbons (Fsp3) is 0.0870. The number of nitrogens with zero attached hydrogens (tertiary/aromatic N) is 1. The first kappa shape index (κ1) is 21.8. The molecule has 0 fully saturated rings. The average Bonchev–Trinajstić information content (AvgIpc) is 3.19. The summed E-state index contributed by atoms with van der Waals surface area (Å²) in [5.41, 5.74) is 0.548. The molecule has 0 bridgehead atoms. The highest BCUT2D eigenvalue weighted by Crippen LogP contribution is 2.43. The standard InChI is InChI=1S/C23H16F4N2O2S/c1-32(30,31)17-12-8-14(9-13-17)18-4-2-3-5-19(18)21-20(15-6-10-16(24)11-7-15)22(29-28-21)23(25,26)27/h2-13H,1H3,(H,28,29). The van der Waals surface area contributed by atoms with Crippen LogP contribution in [0.2, 0.25) is 0 Å². The van der Waals surface area contributed by atoms with Crippen molar-refractivity contribution in [1.82, 2.24) is 10.2 Å². The molecule has 32 heavy (non-hydrogen) atoms. The molecule has 4 aromatic rings. The molecular formula is C23H16F4N2O2S. The number of alkyl halides is 3. The molecule has 1 N–H and O–H groups in total. The lowest BCUT2D eigenvalue weighted by atomic mass is 9.93. The van der Waals surface area contributed by atoms with Crippen LogP contribution in [0.15, 0.2) is 77.7 Å². The average molecular weight is 460 g/mol.